The molecule has 0 bridgehead atoms. The molecule has 5 heteroatoms. The molecular weight excluding hydrogens is 216 g/mol. The Labute approximate surface area is 101 Å². The van der Waals surface area contributed by atoms with Gasteiger partial charge < -0.3 is 10.2 Å². The summed E-state index contributed by atoms with van der Waals surface area (Å²) < 4.78 is 0. The van der Waals surface area contributed by atoms with E-state index in [2.05, 4.69) is 16.4 Å². The Morgan fingerprint density at radius 3 is 3.00 bits per heavy atom. The van der Waals surface area contributed by atoms with Crippen molar-refractivity contribution >= 4 is 11.7 Å². The van der Waals surface area contributed by atoms with Gasteiger partial charge in [0.2, 0.25) is 0 Å². The third kappa shape index (κ3) is 3.18. The van der Waals surface area contributed by atoms with Crippen molar-refractivity contribution in [1.29, 1.82) is 5.26 Å². The SMILES string of the molecule is CNc1cc(C(=O)N(C)C(C)CC#N)ccn1. The first-order valence-electron chi connectivity index (χ1n) is 5.38. The molecule has 90 valence electrons. The van der Waals surface area contributed by atoms with E-state index in [4.69, 9.17) is 5.26 Å². The van der Waals surface area contributed by atoms with E-state index < -0.39 is 0 Å². The average Bonchev–Trinajstić information content (AvgIpc) is 2.37. The average molecular weight is 232 g/mol. The lowest BCUT2D eigenvalue weighted by Crippen LogP contribution is -2.34. The molecule has 1 aromatic rings. The van der Waals surface area contributed by atoms with Crippen molar-refractivity contribution in [3.63, 3.8) is 0 Å². The minimum Gasteiger partial charge on any atom is -0.373 e. The molecule has 0 saturated heterocycles. The van der Waals surface area contributed by atoms with E-state index in [0.717, 1.165) is 0 Å². The summed E-state index contributed by atoms with van der Waals surface area (Å²) in [6.07, 6.45) is 1.91. The van der Waals surface area contributed by atoms with Gasteiger partial charge in [0, 0.05) is 31.9 Å². The van der Waals surface area contributed by atoms with E-state index in [-0.39, 0.29) is 11.9 Å². The number of nitriles is 1. The van der Waals surface area contributed by atoms with Gasteiger partial charge >= 0.3 is 0 Å². The van der Waals surface area contributed by atoms with Crippen LogP contribution in [-0.2, 0) is 0 Å². The normalized spacial score (nSPS) is 11.4. The van der Waals surface area contributed by atoms with Crippen LogP contribution in [0.2, 0.25) is 0 Å². The molecule has 1 rings (SSSR count). The number of amides is 1. The Balaban J connectivity index is 2.85. The van der Waals surface area contributed by atoms with E-state index in [0.29, 0.717) is 17.8 Å². The molecule has 5 nitrogen and oxygen atoms in total. The molecule has 0 aromatic carbocycles. The minimum atomic E-state index is -0.105. The number of aromatic nitrogens is 1. The predicted octanol–water partition coefficient (Wildman–Crippen LogP) is 1.50. The number of hydrogen-bond donors (Lipinski definition) is 1. The van der Waals surface area contributed by atoms with Gasteiger partial charge in [-0.15, -0.1) is 0 Å². The third-order valence-corrected chi connectivity index (χ3v) is 2.63. The highest BCUT2D eigenvalue weighted by Crippen LogP contribution is 2.11. The Kier molecular flexibility index (Phi) is 4.46. The minimum absolute atomic E-state index is 0.0984. The summed E-state index contributed by atoms with van der Waals surface area (Å²) in [5.74, 6) is 0.545. The Morgan fingerprint density at radius 1 is 1.71 bits per heavy atom. The van der Waals surface area contributed by atoms with Gasteiger partial charge in [0.15, 0.2) is 0 Å². The summed E-state index contributed by atoms with van der Waals surface area (Å²) in [7, 11) is 3.45. The van der Waals surface area contributed by atoms with Crippen molar-refractivity contribution in [3.8, 4) is 6.07 Å². The van der Waals surface area contributed by atoms with Gasteiger partial charge in [-0.3, -0.25) is 4.79 Å². The highest BCUT2D eigenvalue weighted by molar-refractivity contribution is 5.94. The van der Waals surface area contributed by atoms with E-state index in [1.54, 1.807) is 37.3 Å². The lowest BCUT2D eigenvalue weighted by molar-refractivity contribution is 0.0746. The van der Waals surface area contributed by atoms with Crippen LogP contribution in [0.15, 0.2) is 18.3 Å². The fourth-order valence-corrected chi connectivity index (χ4v) is 1.37. The van der Waals surface area contributed by atoms with E-state index in [1.807, 2.05) is 6.92 Å². The number of nitrogens with one attached hydrogen (secondary N) is 1. The number of hydrogen-bond acceptors (Lipinski definition) is 4. The lowest BCUT2D eigenvalue weighted by Gasteiger charge is -2.23. The maximum absolute atomic E-state index is 12.1. The van der Waals surface area contributed by atoms with Gasteiger partial charge in [-0.05, 0) is 19.1 Å². The first-order valence-corrected chi connectivity index (χ1v) is 5.38. The third-order valence-electron chi connectivity index (χ3n) is 2.63. The van der Waals surface area contributed by atoms with Crippen molar-refractivity contribution < 1.29 is 4.79 Å². The summed E-state index contributed by atoms with van der Waals surface area (Å²) in [4.78, 5) is 17.7. The zero-order valence-corrected chi connectivity index (χ0v) is 10.3. The van der Waals surface area contributed by atoms with Crippen molar-refractivity contribution in [3.05, 3.63) is 23.9 Å². The smallest absolute Gasteiger partial charge is 0.254 e. The number of pyridine rings is 1. The molecule has 0 saturated carbocycles. The molecule has 1 heterocycles. The van der Waals surface area contributed by atoms with Crippen LogP contribution in [0.4, 0.5) is 5.82 Å². The number of nitrogens with zero attached hydrogens (tertiary/aromatic N) is 3. The quantitative estimate of drug-likeness (QED) is 0.854. The second-order valence-electron chi connectivity index (χ2n) is 3.81. The second-order valence-corrected chi connectivity index (χ2v) is 3.81. The van der Waals surface area contributed by atoms with Crippen molar-refractivity contribution in [2.24, 2.45) is 0 Å². The zero-order valence-electron chi connectivity index (χ0n) is 10.3. The summed E-state index contributed by atoms with van der Waals surface area (Å²) in [5, 5.41) is 11.5. The highest BCUT2D eigenvalue weighted by atomic mass is 16.2. The largest absolute Gasteiger partial charge is 0.373 e. The van der Waals surface area contributed by atoms with E-state index in [1.165, 1.54) is 0 Å². The molecule has 1 unspecified atom stereocenters. The van der Waals surface area contributed by atoms with Gasteiger partial charge in [0.1, 0.15) is 5.82 Å². The van der Waals surface area contributed by atoms with E-state index >= 15 is 0 Å². The zero-order chi connectivity index (χ0) is 12.8. The summed E-state index contributed by atoms with van der Waals surface area (Å²) >= 11 is 0. The summed E-state index contributed by atoms with van der Waals surface area (Å²) in [5.41, 5.74) is 0.566. The fraction of sp³-hybridized carbons (Fsp3) is 0.417. The summed E-state index contributed by atoms with van der Waals surface area (Å²) in [6, 6.07) is 5.32. The van der Waals surface area contributed by atoms with Crippen LogP contribution in [0, 0.1) is 11.3 Å². The van der Waals surface area contributed by atoms with Gasteiger partial charge in [-0.2, -0.15) is 5.26 Å². The first kappa shape index (κ1) is 13.0. The van der Waals surface area contributed by atoms with Crippen molar-refractivity contribution in [2.45, 2.75) is 19.4 Å². The molecular formula is C12H16N4O. The molecule has 1 N–H and O–H groups in total. The number of rotatable bonds is 4. The number of carbonyl (C=O) groups excluding carboxylic acids is 1. The number of anilines is 1. The van der Waals surface area contributed by atoms with Gasteiger partial charge in [-0.25, -0.2) is 4.98 Å². The number of carbonyl (C=O) groups is 1. The van der Waals surface area contributed by atoms with Crippen LogP contribution in [0.3, 0.4) is 0 Å². The van der Waals surface area contributed by atoms with Crippen molar-refractivity contribution in [1.82, 2.24) is 9.88 Å². The van der Waals surface area contributed by atoms with Crippen molar-refractivity contribution in [2.75, 3.05) is 19.4 Å². The molecule has 0 aliphatic heterocycles. The first-order chi connectivity index (χ1) is 8.10. The topological polar surface area (TPSA) is 69.0 Å². The molecule has 0 aliphatic rings. The van der Waals surface area contributed by atoms with Crippen LogP contribution in [0.1, 0.15) is 23.7 Å². The van der Waals surface area contributed by atoms with Crippen LogP contribution < -0.4 is 5.32 Å². The maximum atomic E-state index is 12.1. The Morgan fingerprint density at radius 2 is 2.41 bits per heavy atom. The molecule has 0 aliphatic carbocycles. The van der Waals surface area contributed by atoms with Gasteiger partial charge in [0.25, 0.3) is 5.91 Å². The molecule has 1 aromatic heterocycles. The van der Waals surface area contributed by atoms with Crippen LogP contribution in [0.25, 0.3) is 0 Å². The molecule has 0 spiro atoms. The molecule has 1 amide bonds. The lowest BCUT2D eigenvalue weighted by atomic mass is 10.1. The highest BCUT2D eigenvalue weighted by Gasteiger charge is 2.17. The van der Waals surface area contributed by atoms with Gasteiger partial charge in [-0.1, -0.05) is 0 Å². The Hall–Kier alpha value is -2.09. The van der Waals surface area contributed by atoms with Crippen LogP contribution in [-0.4, -0.2) is 35.9 Å². The molecule has 17 heavy (non-hydrogen) atoms. The monoisotopic (exact) mass is 232 g/mol. The standard InChI is InChI=1S/C12H16N4O/c1-9(4-6-13)16(3)12(17)10-5-7-15-11(8-10)14-2/h5,7-9H,4H2,1-3H3,(H,14,15). The summed E-state index contributed by atoms with van der Waals surface area (Å²) in [6.45, 7) is 1.85. The second kappa shape index (κ2) is 5.85. The van der Waals surface area contributed by atoms with Crippen LogP contribution >= 0.6 is 0 Å². The molecule has 0 fully saturated rings. The molecule has 0 radical (unpaired) electrons. The van der Waals surface area contributed by atoms with Gasteiger partial charge in [0.05, 0.1) is 12.5 Å². The Bertz CT molecular complexity index is 438. The molecule has 1 atom stereocenters. The van der Waals surface area contributed by atoms with Crippen LogP contribution in [0.5, 0.6) is 0 Å². The fourth-order valence-electron chi connectivity index (χ4n) is 1.37. The van der Waals surface area contributed by atoms with E-state index in [9.17, 15) is 4.79 Å². The predicted molar refractivity (Wildman–Crippen MR) is 65.6 cm³/mol. The maximum Gasteiger partial charge on any atom is 0.254 e.